The van der Waals surface area contributed by atoms with Crippen LogP contribution in [0, 0.1) is 13.8 Å². The summed E-state index contributed by atoms with van der Waals surface area (Å²) in [6.07, 6.45) is 0.164. The Hall–Kier alpha value is -1.23. The van der Waals surface area contributed by atoms with E-state index in [2.05, 4.69) is 5.10 Å². The Balaban J connectivity index is 2.01. The van der Waals surface area contributed by atoms with Gasteiger partial charge in [-0.15, -0.1) is 0 Å². The molecule has 1 aromatic heterocycles. The molecule has 0 aliphatic rings. The SMILES string of the molecule is Cc1cc(C)n(CCC(=O)Oc2c(Cl)cc(Cl)cc2Cl)n1. The van der Waals surface area contributed by atoms with Crippen molar-refractivity contribution in [1.29, 1.82) is 0 Å². The number of aryl methyl sites for hydroxylation is 3. The number of rotatable bonds is 4. The molecule has 0 bridgehead atoms. The lowest BCUT2D eigenvalue weighted by Gasteiger charge is -2.09. The zero-order valence-electron chi connectivity index (χ0n) is 11.5. The van der Waals surface area contributed by atoms with Crippen molar-refractivity contribution >= 4 is 40.8 Å². The number of hydrogen-bond acceptors (Lipinski definition) is 3. The molecular formula is C14H13Cl3N2O2. The van der Waals surface area contributed by atoms with E-state index in [0.29, 0.717) is 11.6 Å². The predicted octanol–water partition coefficient (Wildman–Crippen LogP) is 4.46. The minimum atomic E-state index is -0.436. The number of carbonyl (C=O) groups is 1. The van der Waals surface area contributed by atoms with Crippen LogP contribution in [0.4, 0.5) is 0 Å². The van der Waals surface area contributed by atoms with Gasteiger partial charge in [0, 0.05) is 10.7 Å². The quantitative estimate of drug-likeness (QED) is 0.606. The van der Waals surface area contributed by atoms with Crippen molar-refractivity contribution in [3.63, 3.8) is 0 Å². The summed E-state index contributed by atoms with van der Waals surface area (Å²) in [6, 6.07) is 4.88. The molecule has 0 unspecified atom stereocenters. The number of carbonyl (C=O) groups excluding carboxylic acids is 1. The molecule has 0 radical (unpaired) electrons. The highest BCUT2D eigenvalue weighted by Gasteiger charge is 2.14. The molecule has 21 heavy (non-hydrogen) atoms. The highest BCUT2D eigenvalue weighted by molar-refractivity contribution is 6.40. The zero-order chi connectivity index (χ0) is 15.6. The second-order valence-corrected chi connectivity index (χ2v) is 5.82. The molecule has 0 aliphatic heterocycles. The van der Waals surface area contributed by atoms with Gasteiger partial charge in [-0.1, -0.05) is 34.8 Å². The van der Waals surface area contributed by atoms with Gasteiger partial charge in [-0.25, -0.2) is 0 Å². The summed E-state index contributed by atoms with van der Waals surface area (Å²) < 4.78 is 6.95. The largest absolute Gasteiger partial charge is 0.423 e. The lowest BCUT2D eigenvalue weighted by atomic mass is 10.3. The summed E-state index contributed by atoms with van der Waals surface area (Å²) in [5, 5.41) is 5.06. The van der Waals surface area contributed by atoms with Crippen LogP contribution in [0.3, 0.4) is 0 Å². The lowest BCUT2D eigenvalue weighted by molar-refractivity contribution is -0.134. The Bertz CT molecular complexity index is 660. The van der Waals surface area contributed by atoms with Crippen LogP contribution in [-0.2, 0) is 11.3 Å². The topological polar surface area (TPSA) is 44.1 Å². The molecule has 1 heterocycles. The van der Waals surface area contributed by atoms with E-state index in [9.17, 15) is 4.79 Å². The maximum Gasteiger partial charge on any atom is 0.313 e. The molecule has 0 fully saturated rings. The van der Waals surface area contributed by atoms with E-state index in [1.807, 2.05) is 19.9 Å². The van der Waals surface area contributed by atoms with E-state index in [-0.39, 0.29) is 22.2 Å². The molecule has 0 saturated carbocycles. The van der Waals surface area contributed by atoms with Crippen molar-refractivity contribution in [1.82, 2.24) is 9.78 Å². The number of aromatic nitrogens is 2. The Morgan fingerprint density at radius 2 is 1.81 bits per heavy atom. The smallest absolute Gasteiger partial charge is 0.313 e. The monoisotopic (exact) mass is 346 g/mol. The van der Waals surface area contributed by atoms with Crippen molar-refractivity contribution in [3.05, 3.63) is 44.7 Å². The van der Waals surface area contributed by atoms with Gasteiger partial charge in [0.05, 0.1) is 28.7 Å². The first-order valence-electron chi connectivity index (χ1n) is 6.23. The van der Waals surface area contributed by atoms with Crippen molar-refractivity contribution in [2.45, 2.75) is 26.8 Å². The first kappa shape index (κ1) is 16.1. The van der Waals surface area contributed by atoms with E-state index in [0.717, 1.165) is 11.4 Å². The predicted molar refractivity (Wildman–Crippen MR) is 83.4 cm³/mol. The molecule has 7 heteroatoms. The first-order valence-corrected chi connectivity index (χ1v) is 7.36. The van der Waals surface area contributed by atoms with Gasteiger partial charge in [0.1, 0.15) is 0 Å². The molecular weight excluding hydrogens is 335 g/mol. The van der Waals surface area contributed by atoms with Crippen LogP contribution in [0.25, 0.3) is 0 Å². The molecule has 1 aromatic carbocycles. The number of hydrogen-bond donors (Lipinski definition) is 0. The normalized spacial score (nSPS) is 10.7. The molecule has 4 nitrogen and oxygen atoms in total. The standard InChI is InChI=1S/C14H13Cl3N2O2/c1-8-5-9(2)19(18-8)4-3-13(20)21-14-11(16)6-10(15)7-12(14)17/h5-7H,3-4H2,1-2H3. The van der Waals surface area contributed by atoms with Crippen LogP contribution < -0.4 is 4.74 Å². The maximum atomic E-state index is 11.9. The van der Waals surface area contributed by atoms with Gasteiger partial charge >= 0.3 is 5.97 Å². The Morgan fingerprint density at radius 1 is 1.19 bits per heavy atom. The van der Waals surface area contributed by atoms with E-state index >= 15 is 0 Å². The van der Waals surface area contributed by atoms with Gasteiger partial charge in [-0.3, -0.25) is 9.48 Å². The summed E-state index contributed by atoms with van der Waals surface area (Å²) >= 11 is 17.7. The third-order valence-corrected chi connectivity index (χ3v) is 3.59. The Kier molecular flexibility index (Phi) is 5.14. The van der Waals surface area contributed by atoms with E-state index in [1.54, 1.807) is 4.68 Å². The third kappa shape index (κ3) is 4.13. The van der Waals surface area contributed by atoms with Crippen LogP contribution in [0.15, 0.2) is 18.2 Å². The summed E-state index contributed by atoms with van der Waals surface area (Å²) in [5.74, 6) is -0.310. The van der Waals surface area contributed by atoms with Gasteiger partial charge < -0.3 is 4.74 Å². The fourth-order valence-corrected chi connectivity index (χ4v) is 2.78. The highest BCUT2D eigenvalue weighted by atomic mass is 35.5. The fraction of sp³-hybridized carbons (Fsp3) is 0.286. The van der Waals surface area contributed by atoms with Crippen molar-refractivity contribution in [3.8, 4) is 5.75 Å². The third-order valence-electron chi connectivity index (χ3n) is 2.81. The van der Waals surface area contributed by atoms with Gasteiger partial charge in [0.15, 0.2) is 5.75 Å². The number of esters is 1. The first-order chi connectivity index (χ1) is 9.86. The maximum absolute atomic E-state index is 11.9. The van der Waals surface area contributed by atoms with Crippen LogP contribution in [0.5, 0.6) is 5.75 Å². The number of ether oxygens (including phenoxy) is 1. The van der Waals surface area contributed by atoms with Gasteiger partial charge in [0.25, 0.3) is 0 Å². The second-order valence-electron chi connectivity index (χ2n) is 4.57. The minimum Gasteiger partial charge on any atom is -0.423 e. The molecule has 2 rings (SSSR count). The average molecular weight is 348 g/mol. The number of halogens is 3. The van der Waals surface area contributed by atoms with Crippen molar-refractivity contribution < 1.29 is 9.53 Å². The second kappa shape index (κ2) is 6.69. The van der Waals surface area contributed by atoms with E-state index in [1.165, 1.54) is 12.1 Å². The summed E-state index contributed by atoms with van der Waals surface area (Å²) in [4.78, 5) is 11.9. The van der Waals surface area contributed by atoms with E-state index in [4.69, 9.17) is 39.5 Å². The minimum absolute atomic E-state index is 0.126. The number of nitrogens with zero attached hydrogens (tertiary/aromatic N) is 2. The molecule has 0 aliphatic carbocycles. The summed E-state index contributed by atoms with van der Waals surface area (Å²) in [6.45, 7) is 4.26. The lowest BCUT2D eigenvalue weighted by Crippen LogP contribution is -2.13. The molecule has 0 spiro atoms. The van der Waals surface area contributed by atoms with E-state index < -0.39 is 5.97 Å². The van der Waals surface area contributed by atoms with Crippen LogP contribution >= 0.6 is 34.8 Å². The Labute approximate surface area is 137 Å². The number of benzene rings is 1. The van der Waals surface area contributed by atoms with Crippen LogP contribution in [-0.4, -0.2) is 15.7 Å². The fourth-order valence-electron chi connectivity index (χ4n) is 1.89. The zero-order valence-corrected chi connectivity index (χ0v) is 13.8. The Morgan fingerprint density at radius 3 is 2.33 bits per heavy atom. The van der Waals surface area contributed by atoms with Crippen LogP contribution in [0.1, 0.15) is 17.8 Å². The molecule has 0 amide bonds. The molecule has 0 N–H and O–H groups in total. The molecule has 0 atom stereocenters. The van der Waals surface area contributed by atoms with Gasteiger partial charge in [-0.2, -0.15) is 5.10 Å². The molecule has 112 valence electrons. The van der Waals surface area contributed by atoms with Gasteiger partial charge in [0.2, 0.25) is 0 Å². The molecule has 0 saturated heterocycles. The van der Waals surface area contributed by atoms with Crippen LogP contribution in [0.2, 0.25) is 15.1 Å². The average Bonchev–Trinajstić information content (AvgIpc) is 2.69. The summed E-state index contributed by atoms with van der Waals surface area (Å²) in [7, 11) is 0. The molecule has 2 aromatic rings. The summed E-state index contributed by atoms with van der Waals surface area (Å²) in [5.41, 5.74) is 1.90. The highest BCUT2D eigenvalue weighted by Crippen LogP contribution is 2.36. The van der Waals surface area contributed by atoms with Gasteiger partial charge in [-0.05, 0) is 32.0 Å². The van der Waals surface area contributed by atoms with Crippen molar-refractivity contribution in [2.24, 2.45) is 0 Å². The van der Waals surface area contributed by atoms with Crippen molar-refractivity contribution in [2.75, 3.05) is 0 Å².